The van der Waals surface area contributed by atoms with E-state index in [1.54, 1.807) is 20.5 Å². The number of rotatable bonds is 5. The molecule has 0 saturated carbocycles. The molecule has 1 heterocycles. The van der Waals surface area contributed by atoms with Gasteiger partial charge in [0.15, 0.2) is 11.5 Å². The van der Waals surface area contributed by atoms with Crippen molar-refractivity contribution in [1.29, 1.82) is 0 Å². The zero-order chi connectivity index (χ0) is 13.7. The molecule has 0 bridgehead atoms. The second kappa shape index (κ2) is 6.04. The Morgan fingerprint density at radius 3 is 2.53 bits per heavy atom. The minimum Gasteiger partial charge on any atom is -0.493 e. The fourth-order valence-corrected chi connectivity index (χ4v) is 1.73. The van der Waals surface area contributed by atoms with Gasteiger partial charge in [0.05, 0.1) is 14.2 Å². The number of anilines is 1. The SMILES string of the molecule is COc1ccc(CNc2cc(C)ncn2)cc1OC. The molecule has 0 saturated heterocycles. The van der Waals surface area contributed by atoms with Crippen LogP contribution in [0.5, 0.6) is 11.5 Å². The third kappa shape index (κ3) is 3.34. The molecule has 100 valence electrons. The molecule has 1 aromatic carbocycles. The molecule has 19 heavy (non-hydrogen) atoms. The predicted octanol–water partition coefficient (Wildman–Crippen LogP) is 2.41. The summed E-state index contributed by atoms with van der Waals surface area (Å²) < 4.78 is 10.5. The van der Waals surface area contributed by atoms with Gasteiger partial charge in [0.25, 0.3) is 0 Å². The van der Waals surface area contributed by atoms with Crippen molar-refractivity contribution in [3.63, 3.8) is 0 Å². The van der Waals surface area contributed by atoms with Crippen LogP contribution in [0.15, 0.2) is 30.6 Å². The summed E-state index contributed by atoms with van der Waals surface area (Å²) in [5, 5.41) is 3.24. The first-order chi connectivity index (χ1) is 9.22. The number of aryl methyl sites for hydroxylation is 1. The van der Waals surface area contributed by atoms with E-state index in [0.29, 0.717) is 6.54 Å². The standard InChI is InChI=1S/C14H17N3O2/c1-10-6-14(17-9-16-10)15-8-11-4-5-12(18-2)13(7-11)19-3/h4-7,9H,8H2,1-3H3,(H,15,16,17). The minimum atomic E-state index is 0.663. The first-order valence-corrected chi connectivity index (χ1v) is 5.96. The molecule has 1 aromatic heterocycles. The van der Waals surface area contributed by atoms with Gasteiger partial charge in [-0.05, 0) is 24.6 Å². The van der Waals surface area contributed by atoms with Gasteiger partial charge < -0.3 is 14.8 Å². The average Bonchev–Trinajstić information content (AvgIpc) is 2.45. The third-order valence-corrected chi connectivity index (χ3v) is 2.73. The van der Waals surface area contributed by atoms with Crippen molar-refractivity contribution in [1.82, 2.24) is 9.97 Å². The van der Waals surface area contributed by atoms with Crippen LogP contribution in [-0.2, 0) is 6.54 Å². The molecule has 0 atom stereocenters. The second-order valence-corrected chi connectivity index (χ2v) is 4.09. The molecule has 0 aliphatic rings. The van der Waals surface area contributed by atoms with Crippen LogP contribution in [-0.4, -0.2) is 24.2 Å². The third-order valence-electron chi connectivity index (χ3n) is 2.73. The number of hydrogen-bond acceptors (Lipinski definition) is 5. The highest BCUT2D eigenvalue weighted by atomic mass is 16.5. The molecular formula is C14H17N3O2. The molecule has 0 aliphatic carbocycles. The van der Waals surface area contributed by atoms with E-state index in [9.17, 15) is 0 Å². The van der Waals surface area contributed by atoms with Gasteiger partial charge in [-0.25, -0.2) is 9.97 Å². The minimum absolute atomic E-state index is 0.663. The number of ether oxygens (including phenoxy) is 2. The lowest BCUT2D eigenvalue weighted by Gasteiger charge is -2.10. The number of methoxy groups -OCH3 is 2. The van der Waals surface area contributed by atoms with E-state index in [2.05, 4.69) is 15.3 Å². The maximum Gasteiger partial charge on any atom is 0.161 e. The Morgan fingerprint density at radius 1 is 1.05 bits per heavy atom. The Hall–Kier alpha value is -2.30. The van der Waals surface area contributed by atoms with Gasteiger partial charge in [0.1, 0.15) is 12.1 Å². The van der Waals surface area contributed by atoms with Gasteiger partial charge in [-0.1, -0.05) is 6.07 Å². The zero-order valence-electron chi connectivity index (χ0n) is 11.3. The fourth-order valence-electron chi connectivity index (χ4n) is 1.73. The molecule has 0 spiro atoms. The summed E-state index contributed by atoms with van der Waals surface area (Å²) in [5.41, 5.74) is 2.03. The highest BCUT2D eigenvalue weighted by Gasteiger charge is 2.04. The van der Waals surface area contributed by atoms with Crippen LogP contribution >= 0.6 is 0 Å². The average molecular weight is 259 g/mol. The maximum atomic E-state index is 5.27. The predicted molar refractivity (Wildman–Crippen MR) is 73.6 cm³/mol. The number of aromatic nitrogens is 2. The van der Waals surface area contributed by atoms with Crippen molar-refractivity contribution in [2.24, 2.45) is 0 Å². The van der Waals surface area contributed by atoms with Gasteiger partial charge in [-0.2, -0.15) is 0 Å². The van der Waals surface area contributed by atoms with Crippen LogP contribution in [0.3, 0.4) is 0 Å². The van der Waals surface area contributed by atoms with Crippen molar-refractivity contribution >= 4 is 5.82 Å². The van der Waals surface area contributed by atoms with E-state index in [1.165, 1.54) is 0 Å². The summed E-state index contributed by atoms with van der Waals surface area (Å²) in [7, 11) is 3.25. The Morgan fingerprint density at radius 2 is 1.84 bits per heavy atom. The summed E-state index contributed by atoms with van der Waals surface area (Å²) >= 11 is 0. The first kappa shape index (κ1) is 13.1. The normalized spacial score (nSPS) is 10.1. The lowest BCUT2D eigenvalue weighted by Crippen LogP contribution is -2.02. The summed E-state index contributed by atoms with van der Waals surface area (Å²) in [5.74, 6) is 2.26. The Bertz CT molecular complexity index is 558. The van der Waals surface area contributed by atoms with E-state index in [0.717, 1.165) is 28.6 Å². The highest BCUT2D eigenvalue weighted by molar-refractivity contribution is 5.44. The smallest absolute Gasteiger partial charge is 0.161 e. The largest absolute Gasteiger partial charge is 0.493 e. The zero-order valence-corrected chi connectivity index (χ0v) is 11.3. The number of nitrogens with zero attached hydrogens (tertiary/aromatic N) is 2. The van der Waals surface area contributed by atoms with Crippen molar-refractivity contribution < 1.29 is 9.47 Å². The summed E-state index contributed by atoms with van der Waals surface area (Å²) in [4.78, 5) is 8.21. The number of benzene rings is 1. The van der Waals surface area contributed by atoms with Crippen LogP contribution in [0.4, 0.5) is 5.82 Å². The lowest BCUT2D eigenvalue weighted by atomic mass is 10.2. The van der Waals surface area contributed by atoms with E-state index in [1.807, 2.05) is 31.2 Å². The Kier molecular flexibility index (Phi) is 4.18. The molecule has 2 rings (SSSR count). The molecule has 5 heteroatoms. The highest BCUT2D eigenvalue weighted by Crippen LogP contribution is 2.27. The quantitative estimate of drug-likeness (QED) is 0.893. The molecule has 0 amide bonds. The number of nitrogens with one attached hydrogen (secondary N) is 1. The molecule has 5 nitrogen and oxygen atoms in total. The van der Waals surface area contributed by atoms with Gasteiger partial charge in [0, 0.05) is 18.3 Å². The van der Waals surface area contributed by atoms with E-state index in [4.69, 9.17) is 9.47 Å². The summed E-state index contributed by atoms with van der Waals surface area (Å²) in [6.45, 7) is 2.60. The van der Waals surface area contributed by atoms with Crippen LogP contribution in [0.25, 0.3) is 0 Å². The molecular weight excluding hydrogens is 242 g/mol. The lowest BCUT2D eigenvalue weighted by molar-refractivity contribution is 0.354. The Labute approximate surface area is 112 Å². The van der Waals surface area contributed by atoms with Crippen molar-refractivity contribution in [2.45, 2.75) is 13.5 Å². The van der Waals surface area contributed by atoms with Crippen LogP contribution in [0.2, 0.25) is 0 Å². The van der Waals surface area contributed by atoms with Gasteiger partial charge >= 0.3 is 0 Å². The monoisotopic (exact) mass is 259 g/mol. The summed E-state index contributed by atoms with van der Waals surface area (Å²) in [6, 6.07) is 7.73. The molecule has 0 fully saturated rings. The second-order valence-electron chi connectivity index (χ2n) is 4.09. The molecule has 2 aromatic rings. The van der Waals surface area contributed by atoms with Crippen molar-refractivity contribution in [2.75, 3.05) is 19.5 Å². The Balaban J connectivity index is 2.07. The van der Waals surface area contributed by atoms with E-state index >= 15 is 0 Å². The number of hydrogen-bond donors (Lipinski definition) is 1. The first-order valence-electron chi connectivity index (χ1n) is 5.96. The van der Waals surface area contributed by atoms with Gasteiger partial charge in [-0.15, -0.1) is 0 Å². The molecule has 0 aliphatic heterocycles. The fraction of sp³-hybridized carbons (Fsp3) is 0.286. The van der Waals surface area contributed by atoms with Crippen LogP contribution in [0.1, 0.15) is 11.3 Å². The van der Waals surface area contributed by atoms with Gasteiger partial charge in [-0.3, -0.25) is 0 Å². The van der Waals surface area contributed by atoms with Gasteiger partial charge in [0.2, 0.25) is 0 Å². The van der Waals surface area contributed by atoms with E-state index < -0.39 is 0 Å². The van der Waals surface area contributed by atoms with Crippen molar-refractivity contribution in [3.05, 3.63) is 41.9 Å². The van der Waals surface area contributed by atoms with E-state index in [-0.39, 0.29) is 0 Å². The molecule has 1 N–H and O–H groups in total. The van der Waals surface area contributed by atoms with Crippen LogP contribution in [0, 0.1) is 6.92 Å². The van der Waals surface area contributed by atoms with Crippen molar-refractivity contribution in [3.8, 4) is 11.5 Å². The van der Waals surface area contributed by atoms with Crippen LogP contribution < -0.4 is 14.8 Å². The molecule has 0 unspecified atom stereocenters. The summed E-state index contributed by atoms with van der Waals surface area (Å²) in [6.07, 6.45) is 1.55. The maximum absolute atomic E-state index is 5.27. The topological polar surface area (TPSA) is 56.3 Å². The molecule has 0 radical (unpaired) electrons.